The van der Waals surface area contributed by atoms with Crippen LogP contribution in [0.25, 0.3) is 0 Å². The predicted molar refractivity (Wildman–Crippen MR) is 91.1 cm³/mol. The molecule has 0 aromatic heterocycles. The van der Waals surface area contributed by atoms with E-state index in [-0.39, 0.29) is 12.1 Å². The van der Waals surface area contributed by atoms with Crippen molar-refractivity contribution < 1.29 is 9.53 Å². The molecule has 4 nitrogen and oxygen atoms in total. The Morgan fingerprint density at radius 3 is 2.50 bits per heavy atom. The number of rotatable bonds is 6. The Balaban J connectivity index is 2.42. The molecule has 1 rings (SSSR count). The lowest BCUT2D eigenvalue weighted by Gasteiger charge is -2.23. The van der Waals surface area contributed by atoms with Gasteiger partial charge in [-0.15, -0.1) is 0 Å². The maximum absolute atomic E-state index is 11.8. The number of carbonyl (C=O) groups excluding carboxylic acids is 1. The second kappa shape index (κ2) is 8.18. The van der Waals surface area contributed by atoms with Crippen LogP contribution in [0.4, 0.5) is 4.79 Å². The lowest BCUT2D eigenvalue weighted by molar-refractivity contribution is 0.0502. The van der Waals surface area contributed by atoms with Crippen LogP contribution in [0.3, 0.4) is 0 Å². The number of aryl methyl sites for hydroxylation is 2. The van der Waals surface area contributed by atoms with Gasteiger partial charge in [-0.2, -0.15) is 0 Å². The normalized spacial score (nSPS) is 12.8. The van der Waals surface area contributed by atoms with Gasteiger partial charge in [-0.3, -0.25) is 0 Å². The van der Waals surface area contributed by atoms with Crippen molar-refractivity contribution in [2.24, 2.45) is 0 Å². The summed E-state index contributed by atoms with van der Waals surface area (Å²) in [6.07, 6.45) is 0.506. The Labute approximate surface area is 134 Å². The molecule has 1 aromatic carbocycles. The minimum atomic E-state index is -0.463. The van der Waals surface area contributed by atoms with Crippen molar-refractivity contribution >= 4 is 6.09 Å². The van der Waals surface area contributed by atoms with Crippen molar-refractivity contribution in [2.75, 3.05) is 6.54 Å². The summed E-state index contributed by atoms with van der Waals surface area (Å²) in [5.74, 6) is 0. The fraction of sp³-hybridized carbons (Fsp3) is 0.611. The number of benzene rings is 1. The second-order valence-corrected chi connectivity index (χ2v) is 6.81. The van der Waals surface area contributed by atoms with Crippen LogP contribution in [0.2, 0.25) is 0 Å². The Morgan fingerprint density at radius 2 is 1.95 bits per heavy atom. The number of ether oxygens (including phenoxy) is 1. The zero-order chi connectivity index (χ0) is 16.8. The third kappa shape index (κ3) is 6.94. The molecule has 4 heteroatoms. The first kappa shape index (κ1) is 18.5. The van der Waals surface area contributed by atoms with E-state index in [0.29, 0.717) is 0 Å². The third-order valence-electron chi connectivity index (χ3n) is 3.42. The highest BCUT2D eigenvalue weighted by molar-refractivity contribution is 5.68. The van der Waals surface area contributed by atoms with Crippen molar-refractivity contribution in [1.29, 1.82) is 0 Å². The van der Waals surface area contributed by atoms with Crippen molar-refractivity contribution in [3.8, 4) is 0 Å². The van der Waals surface area contributed by atoms with Gasteiger partial charge < -0.3 is 15.4 Å². The average molecular weight is 306 g/mol. The van der Waals surface area contributed by atoms with Gasteiger partial charge in [-0.25, -0.2) is 4.79 Å². The van der Waals surface area contributed by atoms with Gasteiger partial charge in [0.05, 0.1) is 0 Å². The number of hydrogen-bond acceptors (Lipinski definition) is 3. The van der Waals surface area contributed by atoms with E-state index in [9.17, 15) is 4.79 Å². The van der Waals surface area contributed by atoms with Crippen LogP contribution in [-0.4, -0.2) is 24.3 Å². The molecule has 0 fully saturated rings. The Bertz CT molecular complexity index is 492. The fourth-order valence-corrected chi connectivity index (χ4v) is 2.20. The number of amides is 1. The van der Waals surface area contributed by atoms with Gasteiger partial charge in [0.15, 0.2) is 0 Å². The van der Waals surface area contributed by atoms with Crippen LogP contribution in [0.5, 0.6) is 0 Å². The van der Waals surface area contributed by atoms with Gasteiger partial charge >= 0.3 is 6.09 Å². The van der Waals surface area contributed by atoms with Gasteiger partial charge in [0, 0.05) is 19.1 Å². The molecule has 0 bridgehead atoms. The van der Waals surface area contributed by atoms with Crippen LogP contribution >= 0.6 is 0 Å². The summed E-state index contributed by atoms with van der Waals surface area (Å²) >= 11 is 0. The molecule has 0 aliphatic carbocycles. The highest BCUT2D eigenvalue weighted by atomic mass is 16.6. The summed E-state index contributed by atoms with van der Waals surface area (Å²) < 4.78 is 5.29. The molecule has 0 radical (unpaired) electrons. The molecule has 1 atom stereocenters. The molecule has 0 saturated heterocycles. The van der Waals surface area contributed by atoms with Crippen molar-refractivity contribution in [3.05, 3.63) is 34.9 Å². The average Bonchev–Trinajstić information content (AvgIpc) is 2.37. The van der Waals surface area contributed by atoms with E-state index in [1.807, 2.05) is 20.8 Å². The molecule has 1 aromatic rings. The predicted octanol–water partition coefficient (Wildman–Crippen LogP) is 3.70. The van der Waals surface area contributed by atoms with E-state index < -0.39 is 5.60 Å². The standard InChI is InChI=1S/C18H30N2O2/c1-7-16(20-17(21)22-18(4,5)6)12-19-11-15-9-8-13(2)10-14(15)3/h8-10,16,19H,7,11-12H2,1-6H3,(H,20,21). The van der Waals surface area contributed by atoms with Crippen molar-refractivity contribution in [3.63, 3.8) is 0 Å². The molecule has 0 aliphatic heterocycles. The highest BCUT2D eigenvalue weighted by Crippen LogP contribution is 2.10. The second-order valence-electron chi connectivity index (χ2n) is 6.81. The maximum atomic E-state index is 11.8. The Morgan fingerprint density at radius 1 is 1.27 bits per heavy atom. The summed E-state index contributed by atoms with van der Waals surface area (Å²) in [6.45, 7) is 13.4. The van der Waals surface area contributed by atoms with E-state index in [0.717, 1.165) is 19.5 Å². The van der Waals surface area contributed by atoms with Crippen molar-refractivity contribution in [1.82, 2.24) is 10.6 Å². The molecule has 124 valence electrons. The summed E-state index contributed by atoms with van der Waals surface area (Å²) in [4.78, 5) is 11.8. The highest BCUT2D eigenvalue weighted by Gasteiger charge is 2.18. The maximum Gasteiger partial charge on any atom is 0.407 e. The zero-order valence-electron chi connectivity index (χ0n) is 14.7. The van der Waals surface area contributed by atoms with Gasteiger partial charge in [-0.1, -0.05) is 30.7 Å². The summed E-state index contributed by atoms with van der Waals surface area (Å²) in [7, 11) is 0. The summed E-state index contributed by atoms with van der Waals surface area (Å²) in [6, 6.07) is 6.54. The lowest BCUT2D eigenvalue weighted by atomic mass is 10.1. The molecule has 0 heterocycles. The third-order valence-corrected chi connectivity index (χ3v) is 3.42. The monoisotopic (exact) mass is 306 g/mol. The van der Waals surface area contributed by atoms with Gasteiger partial charge in [0.25, 0.3) is 0 Å². The Hall–Kier alpha value is -1.55. The van der Waals surface area contributed by atoms with Crippen molar-refractivity contribution in [2.45, 2.75) is 66.2 Å². The number of alkyl carbamates (subject to hydrolysis) is 1. The molecule has 1 amide bonds. The smallest absolute Gasteiger partial charge is 0.407 e. The molecule has 1 unspecified atom stereocenters. The molecular weight excluding hydrogens is 276 g/mol. The SMILES string of the molecule is CCC(CNCc1ccc(C)cc1C)NC(=O)OC(C)(C)C. The Kier molecular flexibility index (Phi) is 6.88. The van der Waals surface area contributed by atoms with E-state index >= 15 is 0 Å². The van der Waals surface area contributed by atoms with E-state index in [2.05, 4.69) is 49.6 Å². The first-order valence-corrected chi connectivity index (χ1v) is 7.97. The minimum absolute atomic E-state index is 0.0700. The fourth-order valence-electron chi connectivity index (χ4n) is 2.20. The van der Waals surface area contributed by atoms with E-state index in [1.54, 1.807) is 0 Å². The quantitative estimate of drug-likeness (QED) is 0.842. The molecule has 22 heavy (non-hydrogen) atoms. The van der Waals surface area contributed by atoms with Gasteiger partial charge in [0.1, 0.15) is 5.60 Å². The minimum Gasteiger partial charge on any atom is -0.444 e. The number of nitrogens with one attached hydrogen (secondary N) is 2. The van der Waals surface area contributed by atoms with Crippen LogP contribution in [0.15, 0.2) is 18.2 Å². The molecule has 0 saturated carbocycles. The van der Waals surface area contributed by atoms with Crippen LogP contribution in [-0.2, 0) is 11.3 Å². The lowest BCUT2D eigenvalue weighted by Crippen LogP contribution is -2.43. The zero-order valence-corrected chi connectivity index (χ0v) is 14.7. The molecule has 2 N–H and O–H groups in total. The van der Waals surface area contributed by atoms with Crippen LogP contribution in [0, 0.1) is 13.8 Å². The first-order chi connectivity index (χ1) is 10.2. The van der Waals surface area contributed by atoms with Gasteiger partial charge in [0.2, 0.25) is 0 Å². The first-order valence-electron chi connectivity index (χ1n) is 7.97. The molecule has 0 spiro atoms. The van der Waals surface area contributed by atoms with E-state index in [1.165, 1.54) is 16.7 Å². The van der Waals surface area contributed by atoms with E-state index in [4.69, 9.17) is 4.74 Å². The van der Waals surface area contributed by atoms with Crippen LogP contribution in [0.1, 0.15) is 50.8 Å². The summed E-state index contributed by atoms with van der Waals surface area (Å²) in [5, 5.41) is 6.32. The summed E-state index contributed by atoms with van der Waals surface area (Å²) in [5.41, 5.74) is 3.40. The molecular formula is C18H30N2O2. The number of carbonyl (C=O) groups is 1. The number of hydrogen-bond donors (Lipinski definition) is 2. The largest absolute Gasteiger partial charge is 0.444 e. The topological polar surface area (TPSA) is 50.4 Å². The molecule has 0 aliphatic rings. The van der Waals surface area contributed by atoms with Gasteiger partial charge in [-0.05, 0) is 52.2 Å². The van der Waals surface area contributed by atoms with Crippen LogP contribution < -0.4 is 10.6 Å².